The fourth-order valence-electron chi connectivity index (χ4n) is 4.23. The van der Waals surface area contributed by atoms with Crippen molar-refractivity contribution in [1.29, 1.82) is 0 Å². The lowest BCUT2D eigenvalue weighted by Gasteiger charge is -2.23. The molecule has 0 unspecified atom stereocenters. The van der Waals surface area contributed by atoms with Gasteiger partial charge in [0.15, 0.2) is 15.9 Å². The molecule has 0 radical (unpaired) electrons. The first kappa shape index (κ1) is 20.8. The van der Waals surface area contributed by atoms with Crippen LogP contribution in [0.4, 0.5) is 0 Å². The van der Waals surface area contributed by atoms with E-state index in [0.717, 1.165) is 17.7 Å². The molecule has 0 aromatic heterocycles. The zero-order chi connectivity index (χ0) is 20.6. The Bertz CT molecular complexity index is 770. The minimum absolute atomic E-state index is 0.0185. The first-order valence-corrected chi connectivity index (χ1v) is 11.5. The van der Waals surface area contributed by atoms with Crippen molar-refractivity contribution in [3.8, 4) is 0 Å². The van der Waals surface area contributed by atoms with Crippen molar-refractivity contribution in [2.75, 3.05) is 11.5 Å². The van der Waals surface area contributed by atoms with Gasteiger partial charge in [-0.05, 0) is 33.1 Å². The van der Waals surface area contributed by atoms with E-state index in [9.17, 15) is 27.6 Å². The molecule has 5 atom stereocenters. The van der Waals surface area contributed by atoms with Crippen LogP contribution in [-0.4, -0.2) is 66.7 Å². The summed E-state index contributed by atoms with van der Waals surface area (Å²) in [6.45, 7) is 2.79. The van der Waals surface area contributed by atoms with E-state index in [1.807, 2.05) is 0 Å². The van der Waals surface area contributed by atoms with E-state index >= 15 is 0 Å². The maximum atomic E-state index is 12.6. The lowest BCUT2D eigenvalue weighted by Crippen LogP contribution is -2.47. The number of ether oxygens (including phenoxy) is 1. The van der Waals surface area contributed by atoms with E-state index in [1.54, 1.807) is 0 Å². The fourth-order valence-corrected chi connectivity index (χ4v) is 5.90. The zero-order valence-corrected chi connectivity index (χ0v) is 16.9. The SMILES string of the molecule is C[C@H](OC(=O)[C@H](C)N1C(=O)[C@H]2CCCC[C@H]2C1=O)C(=O)N[C@H]1CCS(=O)(=O)C1. The van der Waals surface area contributed by atoms with Gasteiger partial charge in [-0.25, -0.2) is 13.2 Å². The van der Waals surface area contributed by atoms with Crippen molar-refractivity contribution in [2.24, 2.45) is 11.8 Å². The molecular formula is C18H26N2O7S. The molecule has 1 saturated carbocycles. The second kappa shape index (κ2) is 7.81. The number of amides is 3. The van der Waals surface area contributed by atoms with E-state index in [-0.39, 0.29) is 35.2 Å². The van der Waals surface area contributed by atoms with Crippen molar-refractivity contribution in [1.82, 2.24) is 10.2 Å². The summed E-state index contributed by atoms with van der Waals surface area (Å²) < 4.78 is 28.1. The van der Waals surface area contributed by atoms with Crippen LogP contribution in [-0.2, 0) is 33.8 Å². The summed E-state index contributed by atoms with van der Waals surface area (Å²) in [7, 11) is -3.14. The Balaban J connectivity index is 1.57. The summed E-state index contributed by atoms with van der Waals surface area (Å²) in [5.74, 6) is -2.94. The Morgan fingerprint density at radius 2 is 1.64 bits per heavy atom. The van der Waals surface area contributed by atoms with E-state index in [4.69, 9.17) is 4.74 Å². The van der Waals surface area contributed by atoms with E-state index in [2.05, 4.69) is 5.32 Å². The average Bonchev–Trinajstić information content (AvgIpc) is 3.11. The molecule has 2 heterocycles. The standard InChI is InChI=1S/C18H26N2O7S/c1-10(20-16(22)13-5-3-4-6-14(13)17(20)23)18(24)27-11(2)15(21)19-12-7-8-28(25,26)9-12/h10-14H,3-9H2,1-2H3,(H,19,21)/t10-,11-,12-,13-,14+/m0/s1. The first-order valence-electron chi connectivity index (χ1n) is 9.69. The molecule has 0 spiro atoms. The van der Waals surface area contributed by atoms with Crippen molar-refractivity contribution < 1.29 is 32.3 Å². The number of carbonyl (C=O) groups is 4. The molecule has 3 aliphatic rings. The van der Waals surface area contributed by atoms with Crippen LogP contribution >= 0.6 is 0 Å². The molecule has 3 fully saturated rings. The molecule has 28 heavy (non-hydrogen) atoms. The van der Waals surface area contributed by atoms with Gasteiger partial charge in [-0.15, -0.1) is 0 Å². The summed E-state index contributed by atoms with van der Waals surface area (Å²) in [4.78, 5) is 50.7. The minimum Gasteiger partial charge on any atom is -0.451 e. The largest absolute Gasteiger partial charge is 0.451 e. The second-order valence-corrected chi connectivity index (χ2v) is 10.1. The lowest BCUT2D eigenvalue weighted by molar-refractivity contribution is -0.164. The smallest absolute Gasteiger partial charge is 0.329 e. The minimum atomic E-state index is -3.14. The third-order valence-corrected chi connectivity index (χ3v) is 7.61. The lowest BCUT2D eigenvalue weighted by atomic mass is 9.81. The Labute approximate surface area is 164 Å². The Morgan fingerprint density at radius 3 is 2.14 bits per heavy atom. The molecular weight excluding hydrogens is 388 g/mol. The van der Waals surface area contributed by atoms with Crippen LogP contribution in [0, 0.1) is 11.8 Å². The Morgan fingerprint density at radius 1 is 1.07 bits per heavy atom. The number of likely N-dealkylation sites (tertiary alicyclic amines) is 1. The molecule has 2 aliphatic heterocycles. The van der Waals surface area contributed by atoms with Crippen LogP contribution < -0.4 is 5.32 Å². The van der Waals surface area contributed by atoms with Crippen molar-refractivity contribution in [3.05, 3.63) is 0 Å². The number of hydrogen-bond donors (Lipinski definition) is 1. The van der Waals surface area contributed by atoms with Gasteiger partial charge in [0.25, 0.3) is 5.91 Å². The van der Waals surface area contributed by atoms with Crippen molar-refractivity contribution >= 4 is 33.5 Å². The summed E-state index contributed by atoms with van der Waals surface area (Å²) in [5.41, 5.74) is 0. The summed E-state index contributed by atoms with van der Waals surface area (Å²) in [6.07, 6.45) is 2.24. The summed E-state index contributed by atoms with van der Waals surface area (Å²) in [6, 6.07) is -1.60. The van der Waals surface area contributed by atoms with Crippen LogP contribution in [0.3, 0.4) is 0 Å². The number of nitrogens with zero attached hydrogens (tertiary/aromatic N) is 1. The molecule has 0 aromatic rings. The number of esters is 1. The quantitative estimate of drug-likeness (QED) is 0.487. The van der Waals surface area contributed by atoms with E-state index in [0.29, 0.717) is 19.3 Å². The van der Waals surface area contributed by atoms with Gasteiger partial charge in [-0.3, -0.25) is 19.3 Å². The highest BCUT2D eigenvalue weighted by molar-refractivity contribution is 7.91. The summed E-state index contributed by atoms with van der Waals surface area (Å²) >= 11 is 0. The van der Waals surface area contributed by atoms with Gasteiger partial charge in [0.05, 0.1) is 23.3 Å². The predicted octanol–water partition coefficient (Wildman–Crippen LogP) is -0.215. The van der Waals surface area contributed by atoms with Gasteiger partial charge in [0, 0.05) is 6.04 Å². The first-order chi connectivity index (χ1) is 13.1. The number of rotatable bonds is 5. The monoisotopic (exact) mass is 414 g/mol. The highest BCUT2D eigenvalue weighted by atomic mass is 32.2. The van der Waals surface area contributed by atoms with E-state index in [1.165, 1.54) is 13.8 Å². The molecule has 1 N–H and O–H groups in total. The second-order valence-electron chi connectivity index (χ2n) is 7.91. The van der Waals surface area contributed by atoms with Crippen LogP contribution in [0.1, 0.15) is 46.0 Å². The van der Waals surface area contributed by atoms with Gasteiger partial charge in [0.2, 0.25) is 11.8 Å². The van der Waals surface area contributed by atoms with Gasteiger partial charge >= 0.3 is 5.97 Å². The highest BCUT2D eigenvalue weighted by Crippen LogP contribution is 2.38. The number of carbonyl (C=O) groups excluding carboxylic acids is 4. The molecule has 2 saturated heterocycles. The predicted molar refractivity (Wildman–Crippen MR) is 97.5 cm³/mol. The maximum Gasteiger partial charge on any atom is 0.329 e. The zero-order valence-electron chi connectivity index (χ0n) is 16.0. The molecule has 9 nitrogen and oxygen atoms in total. The van der Waals surface area contributed by atoms with Crippen molar-refractivity contribution in [3.63, 3.8) is 0 Å². The molecule has 3 amide bonds. The van der Waals surface area contributed by atoms with E-state index < -0.39 is 39.9 Å². The third kappa shape index (κ3) is 4.06. The maximum absolute atomic E-state index is 12.6. The number of fused-ring (bicyclic) bond motifs is 1. The molecule has 0 aromatic carbocycles. The van der Waals surface area contributed by atoms with Crippen molar-refractivity contribution in [2.45, 2.75) is 64.1 Å². The number of nitrogens with one attached hydrogen (secondary N) is 1. The third-order valence-electron chi connectivity index (χ3n) is 5.84. The number of hydrogen-bond acceptors (Lipinski definition) is 7. The molecule has 3 rings (SSSR count). The van der Waals surface area contributed by atoms with Gasteiger partial charge in [-0.1, -0.05) is 12.8 Å². The molecule has 156 valence electrons. The van der Waals surface area contributed by atoms with Crippen LogP contribution in [0.15, 0.2) is 0 Å². The Kier molecular flexibility index (Phi) is 5.79. The fraction of sp³-hybridized carbons (Fsp3) is 0.778. The van der Waals surface area contributed by atoms with Gasteiger partial charge < -0.3 is 10.1 Å². The molecule has 10 heteroatoms. The Hall–Kier alpha value is -1.97. The van der Waals surface area contributed by atoms with Crippen LogP contribution in [0.5, 0.6) is 0 Å². The highest BCUT2D eigenvalue weighted by Gasteiger charge is 2.51. The molecule has 0 bridgehead atoms. The van der Waals surface area contributed by atoms with Gasteiger partial charge in [-0.2, -0.15) is 0 Å². The normalized spacial score (nSPS) is 31.2. The van der Waals surface area contributed by atoms with Crippen LogP contribution in [0.2, 0.25) is 0 Å². The topological polar surface area (TPSA) is 127 Å². The summed E-state index contributed by atoms with van der Waals surface area (Å²) in [5, 5.41) is 2.56. The van der Waals surface area contributed by atoms with Gasteiger partial charge in [0.1, 0.15) is 6.04 Å². The average molecular weight is 414 g/mol. The van der Waals surface area contributed by atoms with Crippen LogP contribution in [0.25, 0.3) is 0 Å². The molecule has 1 aliphatic carbocycles. The number of imide groups is 1. The number of sulfone groups is 1.